The van der Waals surface area contributed by atoms with Gasteiger partial charge in [-0.3, -0.25) is 0 Å². The smallest absolute Gasteiger partial charge is 0.167 e. The Bertz CT molecular complexity index is 1730. The molecule has 12 heteroatoms. The second-order valence-electron chi connectivity index (χ2n) is 11.6. The van der Waals surface area contributed by atoms with Gasteiger partial charge in [0.15, 0.2) is 46.5 Å². The van der Waals surface area contributed by atoms with Crippen LogP contribution in [-0.2, 0) is 44.6 Å². The van der Waals surface area contributed by atoms with Gasteiger partial charge in [0.2, 0.25) is 0 Å². The highest BCUT2D eigenvalue weighted by Gasteiger charge is 2.22. The van der Waals surface area contributed by atoms with Crippen LogP contribution in [0.15, 0.2) is 48.5 Å². The van der Waals surface area contributed by atoms with E-state index in [0.717, 1.165) is 6.42 Å². The lowest BCUT2D eigenvalue weighted by molar-refractivity contribution is 0.193. The zero-order valence-corrected chi connectivity index (χ0v) is 29.1. The Hall–Kier alpha value is -3.84. The van der Waals surface area contributed by atoms with E-state index >= 15 is 0 Å². The predicted octanol–water partition coefficient (Wildman–Crippen LogP) is 9.75. The summed E-state index contributed by atoms with van der Waals surface area (Å²) in [7, 11) is 6.00. The van der Waals surface area contributed by atoms with Crippen LogP contribution in [0.3, 0.4) is 0 Å². The molecule has 4 rings (SSSR count). The van der Waals surface area contributed by atoms with E-state index in [1.807, 2.05) is 0 Å². The molecule has 0 heterocycles. The Labute approximate surface area is 293 Å². The van der Waals surface area contributed by atoms with Crippen LogP contribution >= 0.6 is 0 Å². The molecule has 0 aromatic heterocycles. The number of unbranched alkanes of at least 4 members (excludes halogenated alkanes) is 1. The summed E-state index contributed by atoms with van der Waals surface area (Å²) in [4.78, 5) is 0. The topological polar surface area (TPSA) is 36.9 Å². The molecule has 0 radical (unpaired) electrons. The van der Waals surface area contributed by atoms with E-state index in [-0.39, 0.29) is 70.6 Å². The number of hydrogen-bond donors (Lipinski definition) is 0. The lowest BCUT2D eigenvalue weighted by atomic mass is 9.98. The molecular formula is C39H42F8O4. The van der Waals surface area contributed by atoms with E-state index in [4.69, 9.17) is 18.9 Å². The zero-order valence-electron chi connectivity index (χ0n) is 29.1. The second kappa shape index (κ2) is 20.9. The van der Waals surface area contributed by atoms with Crippen molar-refractivity contribution >= 4 is 0 Å². The van der Waals surface area contributed by atoms with Crippen molar-refractivity contribution in [1.29, 1.82) is 0 Å². The van der Waals surface area contributed by atoms with Gasteiger partial charge in [0.05, 0.1) is 13.2 Å². The quantitative estimate of drug-likeness (QED) is 0.0803. The molecule has 0 saturated carbocycles. The number of rotatable bonds is 17. The van der Waals surface area contributed by atoms with Crippen molar-refractivity contribution in [1.82, 2.24) is 0 Å². The van der Waals surface area contributed by atoms with Crippen LogP contribution in [0.4, 0.5) is 35.1 Å². The van der Waals surface area contributed by atoms with E-state index < -0.39 is 46.5 Å². The number of aryl methyl sites for hydroxylation is 2. The molecule has 4 aromatic carbocycles. The van der Waals surface area contributed by atoms with Crippen molar-refractivity contribution in [2.45, 2.75) is 44.9 Å². The molecule has 278 valence electrons. The first-order valence-electron chi connectivity index (χ1n) is 16.4. The van der Waals surface area contributed by atoms with Gasteiger partial charge >= 0.3 is 0 Å². The number of hydrogen-bond acceptors (Lipinski definition) is 4. The maximum absolute atomic E-state index is 14.4. The van der Waals surface area contributed by atoms with Crippen LogP contribution in [-0.4, -0.2) is 54.9 Å². The molecule has 4 aromatic rings. The van der Waals surface area contributed by atoms with Crippen LogP contribution in [0, 0.1) is 46.5 Å². The number of halogens is 8. The van der Waals surface area contributed by atoms with Gasteiger partial charge < -0.3 is 18.9 Å². The molecule has 4 nitrogen and oxygen atoms in total. The molecule has 0 spiro atoms. The van der Waals surface area contributed by atoms with Gasteiger partial charge in [0, 0.05) is 63.9 Å². The molecule has 0 N–H and O–H groups in total. The largest absolute Gasteiger partial charge is 0.385 e. The number of ether oxygens (including phenoxy) is 4. The van der Waals surface area contributed by atoms with Crippen LogP contribution in [0.25, 0.3) is 22.3 Å². The summed E-state index contributed by atoms with van der Waals surface area (Å²) in [6.07, 6.45) is 2.92. The minimum absolute atomic E-state index is 0.125. The summed E-state index contributed by atoms with van der Waals surface area (Å²) >= 11 is 0. The minimum Gasteiger partial charge on any atom is -0.385 e. The standard InChI is InChI=1S/C20H22F4O2.C19H20F4O2/c1-25-11-4-3-5-13-6-8-15(19(23)17(13)21)16-9-7-14(10-12-26-2)18(22)20(16)24;1-24-10-3-4-12-5-7-14(18(22)16(12)20)15-8-6-13(9-11-25-2)17(21)19(15)23/h6-9H,3-5,10-12H2,1-2H3;5-8H,3-4,9-11H2,1-2H3. The highest BCUT2D eigenvalue weighted by Crippen LogP contribution is 2.33. The molecular weight excluding hydrogens is 684 g/mol. The molecule has 0 bridgehead atoms. The van der Waals surface area contributed by atoms with E-state index in [1.54, 1.807) is 7.11 Å². The lowest BCUT2D eigenvalue weighted by Gasteiger charge is -2.12. The Morgan fingerprint density at radius 2 is 0.588 bits per heavy atom. The Balaban J connectivity index is 0.000000276. The SMILES string of the molecule is COCCCCc1ccc(-c2ccc(CCOC)c(F)c2F)c(F)c1F.COCCCc1ccc(-c2ccc(CCOC)c(F)c2F)c(F)c1F. The molecule has 0 saturated heterocycles. The molecule has 0 atom stereocenters. The first-order chi connectivity index (χ1) is 24.5. The lowest BCUT2D eigenvalue weighted by Crippen LogP contribution is -2.04. The third kappa shape index (κ3) is 10.8. The number of benzene rings is 4. The highest BCUT2D eigenvalue weighted by atomic mass is 19.2. The third-order valence-corrected chi connectivity index (χ3v) is 8.22. The fourth-order valence-corrected chi connectivity index (χ4v) is 5.36. The summed E-state index contributed by atoms with van der Waals surface area (Å²) < 4.78 is 134. The molecule has 0 unspecified atom stereocenters. The van der Waals surface area contributed by atoms with E-state index in [9.17, 15) is 35.1 Å². The zero-order chi connectivity index (χ0) is 37.5. The Kier molecular flexibility index (Phi) is 17.0. The van der Waals surface area contributed by atoms with Gasteiger partial charge in [-0.1, -0.05) is 48.5 Å². The van der Waals surface area contributed by atoms with Crippen LogP contribution in [0.5, 0.6) is 0 Å². The van der Waals surface area contributed by atoms with Crippen LogP contribution in [0.1, 0.15) is 41.5 Å². The van der Waals surface area contributed by atoms with Crippen molar-refractivity contribution in [2.75, 3.05) is 54.9 Å². The third-order valence-electron chi connectivity index (χ3n) is 8.22. The van der Waals surface area contributed by atoms with Crippen molar-refractivity contribution in [3.05, 3.63) is 117 Å². The van der Waals surface area contributed by atoms with Gasteiger partial charge in [0.1, 0.15) is 0 Å². The Morgan fingerprint density at radius 1 is 0.314 bits per heavy atom. The molecule has 51 heavy (non-hydrogen) atoms. The Morgan fingerprint density at radius 3 is 0.902 bits per heavy atom. The summed E-state index contributed by atoms with van der Waals surface area (Å²) in [5.41, 5.74) is -0.565. The van der Waals surface area contributed by atoms with Gasteiger partial charge in [-0.25, -0.2) is 35.1 Å². The average Bonchev–Trinajstić information content (AvgIpc) is 3.12. The van der Waals surface area contributed by atoms with E-state index in [1.165, 1.54) is 69.9 Å². The van der Waals surface area contributed by atoms with Gasteiger partial charge in [-0.2, -0.15) is 0 Å². The second-order valence-corrected chi connectivity index (χ2v) is 11.6. The maximum atomic E-state index is 14.4. The van der Waals surface area contributed by atoms with Crippen molar-refractivity contribution in [3.8, 4) is 22.3 Å². The first kappa shape index (κ1) is 41.6. The average molecular weight is 727 g/mol. The highest BCUT2D eigenvalue weighted by molar-refractivity contribution is 5.67. The number of methoxy groups -OCH3 is 4. The van der Waals surface area contributed by atoms with Crippen LogP contribution in [0.2, 0.25) is 0 Å². The van der Waals surface area contributed by atoms with E-state index in [0.29, 0.717) is 38.9 Å². The summed E-state index contributed by atoms with van der Waals surface area (Å²) in [6.45, 7) is 1.43. The van der Waals surface area contributed by atoms with Gasteiger partial charge in [-0.05, 0) is 67.2 Å². The van der Waals surface area contributed by atoms with Crippen LogP contribution < -0.4 is 0 Å². The van der Waals surface area contributed by atoms with Gasteiger partial charge in [-0.15, -0.1) is 0 Å². The fourth-order valence-electron chi connectivity index (χ4n) is 5.36. The fraction of sp³-hybridized carbons (Fsp3) is 0.385. The summed E-state index contributed by atoms with van der Waals surface area (Å²) in [5, 5.41) is 0. The molecule has 0 aliphatic rings. The van der Waals surface area contributed by atoms with Crippen molar-refractivity contribution in [3.63, 3.8) is 0 Å². The predicted molar refractivity (Wildman–Crippen MR) is 180 cm³/mol. The van der Waals surface area contributed by atoms with Crippen molar-refractivity contribution in [2.24, 2.45) is 0 Å². The van der Waals surface area contributed by atoms with Crippen molar-refractivity contribution < 1.29 is 54.1 Å². The first-order valence-corrected chi connectivity index (χ1v) is 16.4. The van der Waals surface area contributed by atoms with E-state index in [2.05, 4.69) is 0 Å². The molecule has 0 aliphatic carbocycles. The molecule has 0 amide bonds. The molecule has 0 fully saturated rings. The maximum Gasteiger partial charge on any atom is 0.167 e. The monoisotopic (exact) mass is 726 g/mol. The minimum atomic E-state index is -1.20. The molecule has 0 aliphatic heterocycles. The summed E-state index contributed by atoms with van der Waals surface area (Å²) in [5.74, 6) is -8.94. The normalized spacial score (nSPS) is 11.1. The van der Waals surface area contributed by atoms with Gasteiger partial charge in [0.25, 0.3) is 0 Å². The summed E-state index contributed by atoms with van der Waals surface area (Å²) in [6, 6.07) is 10.6.